The first-order chi connectivity index (χ1) is 5.15. The molecule has 66 valence electrons. The van der Waals surface area contributed by atoms with E-state index in [0.29, 0.717) is 0 Å². The van der Waals surface area contributed by atoms with Gasteiger partial charge in [-0.05, 0) is 0 Å². The highest BCUT2D eigenvalue weighted by Crippen LogP contribution is 2.17. The Morgan fingerprint density at radius 1 is 1.27 bits per heavy atom. The Morgan fingerprint density at radius 2 is 1.91 bits per heavy atom. The Balaban J connectivity index is 2.47. The van der Waals surface area contributed by atoms with Crippen LogP contribution in [0.4, 0.5) is 0 Å². The average molecular weight is 164 g/mol. The lowest BCUT2D eigenvalue weighted by molar-refractivity contribution is -0.251. The Labute approximate surface area is 63.8 Å². The third kappa shape index (κ3) is 1.88. The van der Waals surface area contributed by atoms with Gasteiger partial charge in [-0.3, -0.25) is 0 Å². The molecule has 1 unspecified atom stereocenters. The van der Waals surface area contributed by atoms with Crippen LogP contribution in [0.15, 0.2) is 0 Å². The first kappa shape index (κ1) is 8.89. The van der Waals surface area contributed by atoms with Crippen molar-refractivity contribution in [2.45, 2.75) is 31.0 Å². The van der Waals surface area contributed by atoms with Crippen molar-refractivity contribution in [2.75, 3.05) is 6.61 Å². The van der Waals surface area contributed by atoms with Crippen molar-refractivity contribution in [3.63, 3.8) is 0 Å². The number of hydrogen-bond acceptors (Lipinski definition) is 5. The molecule has 1 aliphatic heterocycles. The highest BCUT2D eigenvalue weighted by molar-refractivity contribution is 4.79. The van der Waals surface area contributed by atoms with Gasteiger partial charge >= 0.3 is 0 Å². The van der Waals surface area contributed by atoms with E-state index in [2.05, 4.69) is 0 Å². The Hall–Kier alpha value is -0.200. The van der Waals surface area contributed by atoms with Crippen LogP contribution in [0.2, 0.25) is 0 Å². The van der Waals surface area contributed by atoms with Gasteiger partial charge in [-0.2, -0.15) is 0 Å². The Kier molecular flexibility index (Phi) is 2.80. The second-order valence-electron chi connectivity index (χ2n) is 2.62. The molecule has 5 heteroatoms. The molecule has 1 saturated heterocycles. The fourth-order valence-electron chi connectivity index (χ4n) is 1.05. The molecule has 0 aromatic rings. The fraction of sp³-hybridized carbons (Fsp3) is 1.00. The van der Waals surface area contributed by atoms with Gasteiger partial charge in [-0.25, -0.2) is 0 Å². The van der Waals surface area contributed by atoms with E-state index in [4.69, 9.17) is 25.2 Å². The predicted octanol–water partition coefficient (Wildman–Crippen LogP) is -2.19. The summed E-state index contributed by atoms with van der Waals surface area (Å²) >= 11 is 0. The van der Waals surface area contributed by atoms with E-state index in [9.17, 15) is 0 Å². The Bertz CT molecular complexity index is 116. The van der Waals surface area contributed by atoms with Crippen LogP contribution in [-0.4, -0.2) is 51.6 Å². The van der Waals surface area contributed by atoms with Crippen LogP contribution in [0.5, 0.6) is 0 Å². The molecule has 0 saturated carbocycles. The number of aliphatic hydroxyl groups excluding tert-OH is 4. The molecule has 0 aliphatic carbocycles. The molecule has 1 fully saturated rings. The maximum Gasteiger partial charge on any atom is 0.183 e. The third-order valence-electron chi connectivity index (χ3n) is 1.73. The number of rotatable bonds is 1. The van der Waals surface area contributed by atoms with Crippen LogP contribution in [-0.2, 0) is 4.74 Å². The molecule has 0 aromatic carbocycles. The van der Waals surface area contributed by atoms with Crippen molar-refractivity contribution in [3.05, 3.63) is 0 Å². The molecule has 0 aromatic heterocycles. The smallest absolute Gasteiger partial charge is 0.183 e. The SMILES string of the molecule is OC[C@H]1CC(O)[C@H](O)[C@@H](O)O1. The topological polar surface area (TPSA) is 90.2 Å². The summed E-state index contributed by atoms with van der Waals surface area (Å²) in [5.74, 6) is 0. The number of ether oxygens (including phenoxy) is 1. The summed E-state index contributed by atoms with van der Waals surface area (Å²) in [5, 5.41) is 35.5. The van der Waals surface area contributed by atoms with Crippen molar-refractivity contribution in [1.29, 1.82) is 0 Å². The van der Waals surface area contributed by atoms with Gasteiger partial charge in [0.05, 0.1) is 18.8 Å². The van der Waals surface area contributed by atoms with Gasteiger partial charge in [0.15, 0.2) is 6.29 Å². The molecular weight excluding hydrogens is 152 g/mol. The molecule has 0 spiro atoms. The third-order valence-corrected chi connectivity index (χ3v) is 1.73. The minimum atomic E-state index is -1.39. The molecule has 0 amide bonds. The van der Waals surface area contributed by atoms with Gasteiger partial charge in [0.1, 0.15) is 6.10 Å². The standard InChI is InChI=1S/C6H12O5/c7-2-3-1-4(8)5(9)6(10)11-3/h3-10H,1-2H2/t3-,4?,5+,6+/m1/s1. The molecule has 1 aliphatic rings. The minimum absolute atomic E-state index is 0.148. The second-order valence-corrected chi connectivity index (χ2v) is 2.62. The predicted molar refractivity (Wildman–Crippen MR) is 34.6 cm³/mol. The molecular formula is C6H12O5. The van der Waals surface area contributed by atoms with Crippen molar-refractivity contribution < 1.29 is 25.2 Å². The van der Waals surface area contributed by atoms with E-state index in [1.165, 1.54) is 0 Å². The molecule has 0 bridgehead atoms. The normalized spacial score (nSPS) is 45.8. The molecule has 1 rings (SSSR count). The highest BCUT2D eigenvalue weighted by atomic mass is 16.6. The van der Waals surface area contributed by atoms with Crippen LogP contribution >= 0.6 is 0 Å². The fourth-order valence-corrected chi connectivity index (χ4v) is 1.05. The first-order valence-corrected chi connectivity index (χ1v) is 3.45. The van der Waals surface area contributed by atoms with E-state index in [0.717, 1.165) is 0 Å². The minimum Gasteiger partial charge on any atom is -0.394 e. The second kappa shape index (κ2) is 3.46. The maximum atomic E-state index is 9.05. The van der Waals surface area contributed by atoms with Gasteiger partial charge < -0.3 is 25.2 Å². The van der Waals surface area contributed by atoms with Crippen LogP contribution < -0.4 is 0 Å². The van der Waals surface area contributed by atoms with Crippen LogP contribution in [0.1, 0.15) is 6.42 Å². The zero-order valence-electron chi connectivity index (χ0n) is 5.92. The maximum absolute atomic E-state index is 9.05. The molecule has 0 radical (unpaired) electrons. The number of aliphatic hydroxyl groups is 4. The molecule has 1 heterocycles. The summed E-state index contributed by atoms with van der Waals surface area (Å²) in [7, 11) is 0. The molecule has 11 heavy (non-hydrogen) atoms. The van der Waals surface area contributed by atoms with Gasteiger partial charge in [0.2, 0.25) is 0 Å². The van der Waals surface area contributed by atoms with Gasteiger partial charge in [-0.15, -0.1) is 0 Å². The quantitative estimate of drug-likeness (QED) is 0.353. The Morgan fingerprint density at radius 3 is 2.36 bits per heavy atom. The van der Waals surface area contributed by atoms with E-state index >= 15 is 0 Å². The van der Waals surface area contributed by atoms with Gasteiger partial charge in [0.25, 0.3) is 0 Å². The highest BCUT2D eigenvalue weighted by Gasteiger charge is 2.34. The lowest BCUT2D eigenvalue weighted by Crippen LogP contribution is -2.49. The summed E-state index contributed by atoms with van der Waals surface area (Å²) < 4.78 is 4.71. The molecule has 4 N–H and O–H groups in total. The zero-order chi connectivity index (χ0) is 8.43. The first-order valence-electron chi connectivity index (χ1n) is 3.45. The molecule has 4 atom stereocenters. The van der Waals surface area contributed by atoms with Crippen molar-refractivity contribution >= 4 is 0 Å². The van der Waals surface area contributed by atoms with E-state index in [1.807, 2.05) is 0 Å². The van der Waals surface area contributed by atoms with E-state index in [-0.39, 0.29) is 13.0 Å². The van der Waals surface area contributed by atoms with Crippen LogP contribution in [0.3, 0.4) is 0 Å². The lowest BCUT2D eigenvalue weighted by Gasteiger charge is -2.33. The molecule has 5 nitrogen and oxygen atoms in total. The average Bonchev–Trinajstić information content (AvgIpc) is 1.99. The van der Waals surface area contributed by atoms with E-state index < -0.39 is 24.6 Å². The van der Waals surface area contributed by atoms with Crippen molar-refractivity contribution in [1.82, 2.24) is 0 Å². The van der Waals surface area contributed by atoms with Crippen molar-refractivity contribution in [3.8, 4) is 0 Å². The zero-order valence-corrected chi connectivity index (χ0v) is 5.92. The van der Waals surface area contributed by atoms with Gasteiger partial charge in [0, 0.05) is 6.42 Å². The lowest BCUT2D eigenvalue weighted by atomic mass is 10.0. The van der Waals surface area contributed by atoms with Gasteiger partial charge in [-0.1, -0.05) is 0 Å². The summed E-state index contributed by atoms with van der Waals surface area (Å²) in [5.41, 5.74) is 0. The van der Waals surface area contributed by atoms with Crippen molar-refractivity contribution in [2.24, 2.45) is 0 Å². The summed E-state index contributed by atoms with van der Waals surface area (Å²) in [6.07, 6.45) is -4.11. The van der Waals surface area contributed by atoms with Crippen LogP contribution in [0.25, 0.3) is 0 Å². The van der Waals surface area contributed by atoms with Crippen LogP contribution in [0, 0.1) is 0 Å². The van der Waals surface area contributed by atoms with E-state index in [1.54, 1.807) is 0 Å². The summed E-state index contributed by atoms with van der Waals surface area (Å²) in [6, 6.07) is 0. The monoisotopic (exact) mass is 164 g/mol. The summed E-state index contributed by atoms with van der Waals surface area (Å²) in [6.45, 7) is -0.263. The summed E-state index contributed by atoms with van der Waals surface area (Å²) in [4.78, 5) is 0. The largest absolute Gasteiger partial charge is 0.394 e. The number of hydrogen-bond donors (Lipinski definition) is 4.